The fraction of sp³-hybridized carbons (Fsp3) is 0.381. The normalized spacial score (nSPS) is 14.2. The number of benzene rings is 1. The topological polar surface area (TPSA) is 59.8 Å². The lowest BCUT2D eigenvalue weighted by atomic mass is 10.1. The van der Waals surface area contributed by atoms with Gasteiger partial charge in [0.05, 0.1) is 17.1 Å². The van der Waals surface area contributed by atoms with Gasteiger partial charge in [0, 0.05) is 23.3 Å². The molecule has 2 heterocycles. The van der Waals surface area contributed by atoms with Gasteiger partial charge in [-0.05, 0) is 63.8 Å². The molecule has 26 heavy (non-hydrogen) atoms. The van der Waals surface area contributed by atoms with E-state index in [1.807, 2.05) is 42.8 Å². The molecular formula is C21H24N4O. The lowest BCUT2D eigenvalue weighted by Gasteiger charge is -2.12. The third-order valence-electron chi connectivity index (χ3n) is 4.96. The maximum atomic E-state index is 13.1. The summed E-state index contributed by atoms with van der Waals surface area (Å²) in [4.78, 5) is 17.9. The van der Waals surface area contributed by atoms with Crippen molar-refractivity contribution >= 4 is 22.6 Å². The third-order valence-corrected chi connectivity index (χ3v) is 4.96. The number of carbonyl (C=O) groups excluding carboxylic acids is 1. The Bertz CT molecular complexity index is 999. The highest BCUT2D eigenvalue weighted by Crippen LogP contribution is 2.40. The lowest BCUT2D eigenvalue weighted by molar-refractivity contribution is 0.102. The van der Waals surface area contributed by atoms with Crippen LogP contribution < -0.4 is 5.32 Å². The fourth-order valence-corrected chi connectivity index (χ4v) is 3.25. The molecule has 1 aliphatic carbocycles. The largest absolute Gasteiger partial charge is 0.322 e. The molecule has 134 valence electrons. The van der Waals surface area contributed by atoms with Gasteiger partial charge in [-0.1, -0.05) is 12.1 Å². The maximum Gasteiger partial charge on any atom is 0.256 e. The van der Waals surface area contributed by atoms with E-state index in [0.717, 1.165) is 46.4 Å². The van der Waals surface area contributed by atoms with E-state index in [4.69, 9.17) is 4.98 Å². The summed E-state index contributed by atoms with van der Waals surface area (Å²) in [7, 11) is 0. The van der Waals surface area contributed by atoms with Crippen molar-refractivity contribution in [1.29, 1.82) is 0 Å². The van der Waals surface area contributed by atoms with E-state index in [1.165, 1.54) is 0 Å². The third kappa shape index (κ3) is 2.98. The van der Waals surface area contributed by atoms with E-state index < -0.39 is 0 Å². The minimum Gasteiger partial charge on any atom is -0.322 e. The summed E-state index contributed by atoms with van der Waals surface area (Å²) in [6, 6.07) is 8.23. The standard InChI is InChI=1S/C21H24N4O/c1-12(2)25-20-17(11-22-25)16(10-19(23-20)15-7-8-15)21(26)24-18-9-13(3)5-6-14(18)4/h5-6,9-12,15H,7-8H2,1-4H3,(H,24,26). The van der Waals surface area contributed by atoms with Crippen LogP contribution in [0.3, 0.4) is 0 Å². The second-order valence-electron chi connectivity index (χ2n) is 7.56. The minimum atomic E-state index is -0.101. The zero-order valence-electron chi connectivity index (χ0n) is 15.7. The van der Waals surface area contributed by atoms with Gasteiger partial charge in [-0.25, -0.2) is 9.67 Å². The second kappa shape index (κ2) is 6.24. The molecule has 0 bridgehead atoms. The van der Waals surface area contributed by atoms with Crippen molar-refractivity contribution in [2.24, 2.45) is 0 Å². The molecule has 1 amide bonds. The van der Waals surface area contributed by atoms with Gasteiger partial charge in [0.15, 0.2) is 5.65 Å². The summed E-state index contributed by atoms with van der Waals surface area (Å²) in [5.41, 5.74) is 5.49. The van der Waals surface area contributed by atoms with E-state index in [9.17, 15) is 4.79 Å². The zero-order valence-corrected chi connectivity index (χ0v) is 15.7. The molecule has 0 aliphatic heterocycles. The number of rotatable bonds is 4. The van der Waals surface area contributed by atoms with Crippen LogP contribution in [-0.2, 0) is 0 Å². The SMILES string of the molecule is Cc1ccc(C)c(NC(=O)c2cc(C3CC3)nc3c2cnn3C(C)C)c1. The highest BCUT2D eigenvalue weighted by Gasteiger charge is 2.28. The number of hydrogen-bond donors (Lipinski definition) is 1. The molecule has 5 nitrogen and oxygen atoms in total. The Balaban J connectivity index is 1.79. The van der Waals surface area contributed by atoms with E-state index in [-0.39, 0.29) is 11.9 Å². The zero-order chi connectivity index (χ0) is 18.4. The first kappa shape index (κ1) is 16.8. The number of nitrogens with zero attached hydrogens (tertiary/aromatic N) is 3. The summed E-state index contributed by atoms with van der Waals surface area (Å²) in [6.45, 7) is 8.18. The molecule has 4 rings (SSSR count). The molecule has 1 aliphatic rings. The summed E-state index contributed by atoms with van der Waals surface area (Å²) in [5, 5.41) is 8.36. The Morgan fingerprint density at radius 2 is 2.00 bits per heavy atom. The summed E-state index contributed by atoms with van der Waals surface area (Å²) in [5.74, 6) is 0.374. The van der Waals surface area contributed by atoms with Gasteiger partial charge in [-0.2, -0.15) is 5.10 Å². The van der Waals surface area contributed by atoms with Crippen LogP contribution in [0.25, 0.3) is 11.0 Å². The lowest BCUT2D eigenvalue weighted by Crippen LogP contribution is -2.14. The van der Waals surface area contributed by atoms with Crippen molar-refractivity contribution in [3.63, 3.8) is 0 Å². The molecule has 1 N–H and O–H groups in total. The van der Waals surface area contributed by atoms with Crippen molar-refractivity contribution in [2.75, 3.05) is 5.32 Å². The van der Waals surface area contributed by atoms with E-state index >= 15 is 0 Å². The average molecular weight is 348 g/mol. The van der Waals surface area contributed by atoms with Crippen molar-refractivity contribution in [1.82, 2.24) is 14.8 Å². The van der Waals surface area contributed by atoms with Gasteiger partial charge in [0.1, 0.15) is 0 Å². The molecule has 0 spiro atoms. The molecule has 0 unspecified atom stereocenters. The molecule has 0 saturated heterocycles. The Kier molecular flexibility index (Phi) is 4.02. The molecule has 5 heteroatoms. The quantitative estimate of drug-likeness (QED) is 0.739. The number of amides is 1. The molecule has 1 fully saturated rings. The van der Waals surface area contributed by atoms with Crippen LogP contribution in [0.15, 0.2) is 30.5 Å². The number of hydrogen-bond acceptors (Lipinski definition) is 3. The Morgan fingerprint density at radius 3 is 2.69 bits per heavy atom. The van der Waals surface area contributed by atoms with Crippen LogP contribution in [0.1, 0.15) is 65.8 Å². The number of pyridine rings is 1. The van der Waals surface area contributed by atoms with Gasteiger partial charge in [-0.3, -0.25) is 4.79 Å². The summed E-state index contributed by atoms with van der Waals surface area (Å²) >= 11 is 0. The first-order valence-corrected chi connectivity index (χ1v) is 9.21. The van der Waals surface area contributed by atoms with Crippen LogP contribution in [0, 0.1) is 13.8 Å². The van der Waals surface area contributed by atoms with Crippen molar-refractivity contribution in [3.05, 3.63) is 52.8 Å². The van der Waals surface area contributed by atoms with Gasteiger partial charge in [0.25, 0.3) is 5.91 Å². The summed E-state index contributed by atoms with van der Waals surface area (Å²) in [6.07, 6.45) is 4.05. The number of fused-ring (bicyclic) bond motifs is 1. The number of aryl methyl sites for hydroxylation is 2. The molecule has 3 aromatic rings. The molecule has 2 aromatic heterocycles. The van der Waals surface area contributed by atoms with E-state index in [2.05, 4.69) is 24.3 Å². The van der Waals surface area contributed by atoms with Gasteiger partial charge >= 0.3 is 0 Å². The average Bonchev–Trinajstić information content (AvgIpc) is 3.36. The Labute approximate surface area is 153 Å². The maximum absolute atomic E-state index is 13.1. The molecule has 0 radical (unpaired) electrons. The smallest absolute Gasteiger partial charge is 0.256 e. The van der Waals surface area contributed by atoms with Crippen molar-refractivity contribution in [3.8, 4) is 0 Å². The molecule has 1 saturated carbocycles. The minimum absolute atomic E-state index is 0.101. The van der Waals surface area contributed by atoms with Crippen LogP contribution in [0.2, 0.25) is 0 Å². The molecular weight excluding hydrogens is 324 g/mol. The molecule has 1 aromatic carbocycles. The number of nitrogens with one attached hydrogen (secondary N) is 1. The van der Waals surface area contributed by atoms with Crippen molar-refractivity contribution in [2.45, 2.75) is 52.5 Å². The first-order valence-electron chi connectivity index (χ1n) is 9.21. The predicted molar refractivity (Wildman–Crippen MR) is 104 cm³/mol. The number of carbonyl (C=O) groups is 1. The highest BCUT2D eigenvalue weighted by atomic mass is 16.1. The van der Waals surface area contributed by atoms with Gasteiger partial charge < -0.3 is 5.32 Å². The monoisotopic (exact) mass is 348 g/mol. The first-order chi connectivity index (χ1) is 12.4. The van der Waals surface area contributed by atoms with E-state index in [0.29, 0.717) is 11.5 Å². The Hall–Kier alpha value is -2.69. The highest BCUT2D eigenvalue weighted by molar-refractivity contribution is 6.12. The van der Waals surface area contributed by atoms with E-state index in [1.54, 1.807) is 6.20 Å². The van der Waals surface area contributed by atoms with Gasteiger partial charge in [-0.15, -0.1) is 0 Å². The number of anilines is 1. The van der Waals surface area contributed by atoms with Crippen molar-refractivity contribution < 1.29 is 4.79 Å². The predicted octanol–water partition coefficient (Wildman–Crippen LogP) is 4.76. The van der Waals surface area contributed by atoms with Crippen LogP contribution in [-0.4, -0.2) is 20.7 Å². The van der Waals surface area contributed by atoms with Crippen LogP contribution in [0.4, 0.5) is 5.69 Å². The van der Waals surface area contributed by atoms with Crippen LogP contribution in [0.5, 0.6) is 0 Å². The fourth-order valence-electron chi connectivity index (χ4n) is 3.25. The van der Waals surface area contributed by atoms with Crippen LogP contribution >= 0.6 is 0 Å². The summed E-state index contributed by atoms with van der Waals surface area (Å²) < 4.78 is 1.90. The van der Waals surface area contributed by atoms with Gasteiger partial charge in [0.2, 0.25) is 0 Å². The second-order valence-corrected chi connectivity index (χ2v) is 7.56. The Morgan fingerprint density at radius 1 is 1.23 bits per heavy atom. The molecule has 0 atom stereocenters. The number of aromatic nitrogens is 3.